The molecule has 0 saturated carbocycles. The Morgan fingerprint density at radius 1 is 0.534 bits per heavy atom. The zero-order valence-corrected chi connectivity index (χ0v) is 33.0. The highest BCUT2D eigenvalue weighted by Gasteiger charge is 2.33. The third-order valence-corrected chi connectivity index (χ3v) is 8.75. The average molecular weight is 847 g/mol. The minimum atomic E-state index is -1.59. The molecule has 0 aromatic carbocycles. The summed E-state index contributed by atoms with van der Waals surface area (Å²) in [6, 6.07) is -8.36. The number of rotatable bonds is 31. The summed E-state index contributed by atoms with van der Waals surface area (Å²) in [5.41, 5.74) is 27.2. The summed E-state index contributed by atoms with van der Waals surface area (Å²) in [4.78, 5) is 113. The van der Waals surface area contributed by atoms with Gasteiger partial charge in [0.15, 0.2) is 11.9 Å². The van der Waals surface area contributed by atoms with Gasteiger partial charge in [-0.3, -0.25) is 54.0 Å². The van der Waals surface area contributed by atoms with Crippen molar-refractivity contribution in [3.63, 3.8) is 0 Å². The van der Waals surface area contributed by atoms with E-state index in [2.05, 4.69) is 37.2 Å². The van der Waals surface area contributed by atoms with Gasteiger partial charge in [-0.15, -0.1) is 0 Å². The lowest BCUT2D eigenvalue weighted by atomic mass is 10.0. The van der Waals surface area contributed by atoms with Gasteiger partial charge in [0, 0.05) is 32.4 Å². The van der Waals surface area contributed by atoms with Crippen molar-refractivity contribution < 1.29 is 53.4 Å². The van der Waals surface area contributed by atoms with Crippen LogP contribution in [0.25, 0.3) is 0 Å². The minimum absolute atomic E-state index is 0.0356. The molecule has 0 aliphatic carbocycles. The molecule has 328 valence electrons. The molecule has 0 aliphatic heterocycles. The number of nitrogens with two attached hydrogens (primary N) is 5. The first-order chi connectivity index (χ1) is 27.2. The molecule has 58 heavy (non-hydrogen) atoms. The Hall–Kier alpha value is -5.92. The fourth-order valence-corrected chi connectivity index (χ4v) is 5.46. The number of carboxylic acids is 2. The zero-order valence-electron chi connectivity index (χ0n) is 32.2. The van der Waals surface area contributed by atoms with Crippen molar-refractivity contribution in [3.05, 3.63) is 0 Å². The molecule has 0 fully saturated rings. The number of carbonyl (C=O) groups is 9. The predicted molar refractivity (Wildman–Crippen MR) is 210 cm³/mol. The molecular weight excluding hydrogens is 789 g/mol. The van der Waals surface area contributed by atoms with Gasteiger partial charge in [-0.05, 0) is 63.4 Å². The fraction of sp³-hybridized carbons (Fsp3) is 0.656. The Balaban J connectivity index is 6.31. The van der Waals surface area contributed by atoms with Crippen LogP contribution in [-0.4, -0.2) is 137 Å². The molecule has 26 heteroatoms. The van der Waals surface area contributed by atoms with Gasteiger partial charge in [0.2, 0.25) is 41.4 Å². The molecule has 0 radical (unpaired) electrons. The second-order valence-corrected chi connectivity index (χ2v) is 13.9. The SMILES string of the molecule is CSCC[C@@H](NC(=O)[C@@H](CCC(N)=O)NC(=O)[C@H](CCCNC(=N)N)NC(=O)[C@@H](N)CCCNC(=N)N)C(=O)N[C@@H](CCC(=O)O)C(=O)N[C@@H](CCC(=O)O)C(N)=O. The van der Waals surface area contributed by atoms with E-state index in [1.807, 2.05) is 0 Å². The van der Waals surface area contributed by atoms with E-state index in [4.69, 9.17) is 44.6 Å². The molecule has 0 heterocycles. The number of primary amides is 2. The average Bonchev–Trinajstić information content (AvgIpc) is 3.13. The summed E-state index contributed by atoms with van der Waals surface area (Å²) >= 11 is 1.28. The molecule has 0 spiro atoms. The van der Waals surface area contributed by atoms with Gasteiger partial charge in [0.1, 0.15) is 30.2 Å². The third kappa shape index (κ3) is 23.9. The molecule has 7 amide bonds. The highest BCUT2D eigenvalue weighted by Crippen LogP contribution is 2.09. The number of guanidine groups is 2. The third-order valence-electron chi connectivity index (χ3n) is 8.10. The summed E-state index contributed by atoms with van der Waals surface area (Å²) in [5, 5.41) is 50.0. The van der Waals surface area contributed by atoms with Crippen LogP contribution in [0.5, 0.6) is 0 Å². The lowest BCUT2D eigenvalue weighted by Gasteiger charge is -2.27. The smallest absolute Gasteiger partial charge is 0.303 e. The number of carboxylic acid groups (broad SMARTS) is 2. The topological polar surface area (TPSA) is 456 Å². The molecule has 25 nitrogen and oxygen atoms in total. The number of thioether (sulfide) groups is 1. The number of hydrogen-bond donors (Lipinski definition) is 16. The second-order valence-electron chi connectivity index (χ2n) is 12.9. The van der Waals surface area contributed by atoms with Crippen LogP contribution in [0.15, 0.2) is 0 Å². The lowest BCUT2D eigenvalue weighted by molar-refractivity contribution is -0.139. The maximum Gasteiger partial charge on any atom is 0.303 e. The maximum absolute atomic E-state index is 13.7. The van der Waals surface area contributed by atoms with E-state index in [1.165, 1.54) is 11.8 Å². The minimum Gasteiger partial charge on any atom is -0.481 e. The van der Waals surface area contributed by atoms with Crippen molar-refractivity contribution in [1.29, 1.82) is 10.8 Å². The lowest BCUT2D eigenvalue weighted by Crippen LogP contribution is -2.59. The van der Waals surface area contributed by atoms with E-state index in [0.717, 1.165) is 0 Å². The van der Waals surface area contributed by atoms with Crippen molar-refractivity contribution in [1.82, 2.24) is 37.2 Å². The molecule has 0 aromatic rings. The van der Waals surface area contributed by atoms with Crippen molar-refractivity contribution in [2.24, 2.45) is 28.7 Å². The van der Waals surface area contributed by atoms with E-state index in [9.17, 15) is 48.3 Å². The first kappa shape index (κ1) is 52.1. The number of aliphatic carboxylic acids is 2. The summed E-state index contributed by atoms with van der Waals surface area (Å²) in [5.74, 6) is -9.46. The van der Waals surface area contributed by atoms with Gasteiger partial charge < -0.3 is 76.1 Å². The Morgan fingerprint density at radius 3 is 1.29 bits per heavy atom. The second kappa shape index (κ2) is 28.5. The first-order valence-corrected chi connectivity index (χ1v) is 19.5. The summed E-state index contributed by atoms with van der Waals surface area (Å²) in [6.07, 6.45) is -0.500. The summed E-state index contributed by atoms with van der Waals surface area (Å²) < 4.78 is 0. The van der Waals surface area contributed by atoms with Crippen LogP contribution < -0.4 is 65.9 Å². The van der Waals surface area contributed by atoms with Crippen molar-refractivity contribution in [3.8, 4) is 0 Å². The van der Waals surface area contributed by atoms with E-state index >= 15 is 0 Å². The monoisotopic (exact) mass is 846 g/mol. The normalized spacial score (nSPS) is 13.8. The van der Waals surface area contributed by atoms with Gasteiger partial charge in [0.05, 0.1) is 6.04 Å². The molecule has 0 unspecified atom stereocenters. The largest absolute Gasteiger partial charge is 0.481 e. The van der Waals surface area contributed by atoms with E-state index in [-0.39, 0.29) is 62.9 Å². The number of amides is 7. The van der Waals surface area contributed by atoms with Crippen LogP contribution >= 0.6 is 11.8 Å². The van der Waals surface area contributed by atoms with Gasteiger partial charge in [0.25, 0.3) is 0 Å². The van der Waals surface area contributed by atoms with E-state index < -0.39 is 122 Å². The van der Waals surface area contributed by atoms with Crippen LogP contribution in [0.2, 0.25) is 0 Å². The standard InChI is InChI=1S/C32H58N14O11S/c1-58-15-12-21(30(57)45-20(8-11-24(50)51)28(55)42-17(25(35)52)7-10-23(48)49)46-29(56)19(6-9-22(34)47)44-27(54)18(5-3-14-41-32(38)39)43-26(53)16(33)4-2-13-40-31(36)37/h16-21H,2-15,33H2,1H3,(H2,34,47)(H2,35,52)(H,42,55)(H,43,53)(H,44,54)(H,45,57)(H,46,56)(H,48,49)(H,50,51)(H4,36,37,40)(H4,38,39,41)/t16-,17-,18-,19+,20-,21+/m0/s1. The fourth-order valence-electron chi connectivity index (χ4n) is 4.99. The van der Waals surface area contributed by atoms with Crippen LogP contribution in [0.1, 0.15) is 70.6 Å². The molecule has 0 rings (SSSR count). The van der Waals surface area contributed by atoms with E-state index in [0.29, 0.717) is 6.42 Å². The maximum atomic E-state index is 13.7. The number of nitrogens with one attached hydrogen (secondary N) is 9. The molecular formula is C32H58N14O11S. The molecule has 0 bridgehead atoms. The quantitative estimate of drug-likeness (QED) is 0.0176. The molecule has 0 saturated heterocycles. The van der Waals surface area contributed by atoms with Gasteiger partial charge in [-0.2, -0.15) is 11.8 Å². The van der Waals surface area contributed by atoms with Crippen LogP contribution in [0.3, 0.4) is 0 Å². The van der Waals surface area contributed by atoms with Crippen molar-refractivity contribution in [2.75, 3.05) is 25.1 Å². The van der Waals surface area contributed by atoms with Crippen molar-refractivity contribution >= 4 is 77.0 Å². The Morgan fingerprint density at radius 2 is 0.897 bits per heavy atom. The van der Waals surface area contributed by atoms with Gasteiger partial charge in [-0.25, -0.2) is 0 Å². The molecule has 0 aliphatic rings. The van der Waals surface area contributed by atoms with E-state index in [1.54, 1.807) is 6.26 Å². The highest BCUT2D eigenvalue weighted by molar-refractivity contribution is 7.98. The summed E-state index contributed by atoms with van der Waals surface area (Å²) in [7, 11) is 0. The first-order valence-electron chi connectivity index (χ1n) is 18.1. The molecule has 21 N–H and O–H groups in total. The Kier molecular flexibility index (Phi) is 25.6. The molecule has 6 atom stereocenters. The molecule has 0 aromatic heterocycles. The van der Waals surface area contributed by atoms with Crippen LogP contribution in [-0.2, 0) is 43.2 Å². The summed E-state index contributed by atoms with van der Waals surface area (Å²) in [6.45, 7) is 0.386. The Labute approximate surface area is 338 Å². The van der Waals surface area contributed by atoms with Crippen LogP contribution in [0.4, 0.5) is 0 Å². The Bertz CT molecular complexity index is 1470. The highest BCUT2D eigenvalue weighted by atomic mass is 32.2. The van der Waals surface area contributed by atoms with Crippen LogP contribution in [0, 0.1) is 10.8 Å². The zero-order chi connectivity index (χ0) is 44.4. The number of carbonyl (C=O) groups excluding carboxylic acids is 7. The number of hydrogen-bond acceptors (Lipinski definition) is 13. The predicted octanol–water partition coefficient (Wildman–Crippen LogP) is -5.50. The van der Waals surface area contributed by atoms with Gasteiger partial charge in [-0.1, -0.05) is 0 Å². The van der Waals surface area contributed by atoms with Crippen molar-refractivity contribution in [2.45, 2.75) is 107 Å². The van der Waals surface area contributed by atoms with Gasteiger partial charge >= 0.3 is 11.9 Å².